The van der Waals surface area contributed by atoms with Gasteiger partial charge < -0.3 is 10.6 Å². The van der Waals surface area contributed by atoms with Crippen molar-refractivity contribution in [2.24, 2.45) is 5.92 Å². The van der Waals surface area contributed by atoms with Crippen LogP contribution in [0, 0.1) is 5.92 Å². The van der Waals surface area contributed by atoms with Crippen LogP contribution < -0.4 is 10.6 Å². The van der Waals surface area contributed by atoms with Crippen molar-refractivity contribution in [3.05, 3.63) is 11.4 Å². The molecule has 4 nitrogen and oxygen atoms in total. The average molecular weight is 262 g/mol. The summed E-state index contributed by atoms with van der Waals surface area (Å²) in [6.45, 7) is 5.15. The Kier molecular flexibility index (Phi) is 3.07. The Balaban J connectivity index is 1.90. The third kappa shape index (κ3) is 2.14. The quantitative estimate of drug-likeness (QED) is 0.867. The highest BCUT2D eigenvalue weighted by Gasteiger charge is 2.35. The Bertz CT molecular complexity index is 551. The van der Waals surface area contributed by atoms with E-state index in [1.807, 2.05) is 0 Å². The molecule has 0 bridgehead atoms. The number of rotatable bonds is 5. The van der Waals surface area contributed by atoms with Gasteiger partial charge in [-0.25, -0.2) is 4.98 Å². The van der Waals surface area contributed by atoms with Crippen LogP contribution in [0.1, 0.15) is 26.7 Å². The van der Waals surface area contributed by atoms with Crippen LogP contribution in [0.2, 0.25) is 0 Å². The first-order valence-electron chi connectivity index (χ1n) is 6.57. The molecule has 18 heavy (non-hydrogen) atoms. The average Bonchev–Trinajstić information content (AvgIpc) is 2.94. The fourth-order valence-electron chi connectivity index (χ4n) is 2.25. The lowest BCUT2D eigenvalue weighted by molar-refractivity contribution is 0.774. The molecule has 1 aliphatic rings. The molecule has 5 heteroatoms. The molecule has 0 amide bonds. The molecule has 2 N–H and O–H groups in total. The van der Waals surface area contributed by atoms with Crippen molar-refractivity contribution in [1.29, 1.82) is 0 Å². The van der Waals surface area contributed by atoms with Crippen LogP contribution in [0.25, 0.3) is 10.2 Å². The number of aromatic nitrogens is 2. The smallest absolute Gasteiger partial charge is 0.225 e. The van der Waals surface area contributed by atoms with Crippen molar-refractivity contribution in [3.63, 3.8) is 0 Å². The molecule has 0 radical (unpaired) electrons. The third-order valence-corrected chi connectivity index (χ3v) is 4.32. The van der Waals surface area contributed by atoms with Crippen LogP contribution in [0.3, 0.4) is 0 Å². The van der Waals surface area contributed by atoms with Gasteiger partial charge in [-0.05, 0) is 30.7 Å². The second-order valence-electron chi connectivity index (χ2n) is 4.72. The summed E-state index contributed by atoms with van der Waals surface area (Å²) >= 11 is 1.70. The maximum absolute atomic E-state index is 4.59. The zero-order valence-corrected chi connectivity index (χ0v) is 11.5. The Hall–Kier alpha value is -1.36. The summed E-state index contributed by atoms with van der Waals surface area (Å²) in [6, 6.07) is 2.66. The van der Waals surface area contributed by atoms with Gasteiger partial charge in [-0.15, -0.1) is 11.3 Å². The van der Waals surface area contributed by atoms with Crippen LogP contribution in [0.4, 0.5) is 11.8 Å². The molecule has 0 aromatic carbocycles. The van der Waals surface area contributed by atoms with Crippen molar-refractivity contribution in [2.75, 3.05) is 17.2 Å². The van der Waals surface area contributed by atoms with Gasteiger partial charge in [-0.2, -0.15) is 4.98 Å². The van der Waals surface area contributed by atoms with E-state index in [-0.39, 0.29) is 0 Å². The van der Waals surface area contributed by atoms with Crippen LogP contribution in [-0.4, -0.2) is 22.6 Å². The topological polar surface area (TPSA) is 49.8 Å². The van der Waals surface area contributed by atoms with Gasteiger partial charge in [0.1, 0.15) is 5.82 Å². The van der Waals surface area contributed by atoms with Crippen molar-refractivity contribution in [1.82, 2.24) is 9.97 Å². The lowest BCUT2D eigenvalue weighted by Crippen LogP contribution is -2.09. The molecule has 1 fully saturated rings. The first-order valence-corrected chi connectivity index (χ1v) is 7.45. The predicted octanol–water partition coefficient (Wildman–Crippen LogP) is 3.33. The zero-order chi connectivity index (χ0) is 12.5. The summed E-state index contributed by atoms with van der Waals surface area (Å²) in [5, 5.41) is 8.83. The Morgan fingerprint density at radius 1 is 1.39 bits per heavy atom. The summed E-state index contributed by atoms with van der Waals surface area (Å²) in [4.78, 5) is 9.09. The number of nitrogens with one attached hydrogen (secondary N) is 2. The van der Waals surface area contributed by atoms with E-state index in [9.17, 15) is 0 Å². The minimum absolute atomic E-state index is 0.602. The fourth-order valence-corrected chi connectivity index (χ4v) is 3.03. The molecule has 2 heterocycles. The summed E-state index contributed by atoms with van der Waals surface area (Å²) in [7, 11) is 0. The van der Waals surface area contributed by atoms with E-state index in [0.29, 0.717) is 6.04 Å². The highest BCUT2D eigenvalue weighted by Crippen LogP contribution is 2.38. The molecule has 0 spiro atoms. The van der Waals surface area contributed by atoms with Crippen molar-refractivity contribution in [2.45, 2.75) is 32.7 Å². The van der Waals surface area contributed by atoms with E-state index in [2.05, 4.69) is 45.9 Å². The molecule has 2 unspecified atom stereocenters. The van der Waals surface area contributed by atoms with Gasteiger partial charge in [0, 0.05) is 12.6 Å². The number of fused-ring (bicyclic) bond motifs is 1. The molecular formula is C13H18N4S. The minimum Gasteiger partial charge on any atom is -0.366 e. The van der Waals surface area contributed by atoms with Gasteiger partial charge in [-0.1, -0.05) is 13.3 Å². The summed E-state index contributed by atoms with van der Waals surface area (Å²) < 4.78 is 1.17. The number of nitrogens with zero attached hydrogens (tertiary/aromatic N) is 2. The van der Waals surface area contributed by atoms with E-state index >= 15 is 0 Å². The van der Waals surface area contributed by atoms with Gasteiger partial charge >= 0.3 is 0 Å². The monoisotopic (exact) mass is 262 g/mol. The molecule has 2 atom stereocenters. The van der Waals surface area contributed by atoms with Gasteiger partial charge in [-0.3, -0.25) is 0 Å². The Morgan fingerprint density at radius 2 is 2.28 bits per heavy atom. The van der Waals surface area contributed by atoms with Gasteiger partial charge in [0.2, 0.25) is 5.95 Å². The molecule has 1 aliphatic carbocycles. The van der Waals surface area contributed by atoms with E-state index < -0.39 is 0 Å². The highest BCUT2D eigenvalue weighted by atomic mass is 32.1. The maximum Gasteiger partial charge on any atom is 0.225 e. The van der Waals surface area contributed by atoms with Crippen molar-refractivity contribution in [3.8, 4) is 0 Å². The molecular weight excluding hydrogens is 244 g/mol. The standard InChI is InChI=1S/C13H18N4S/c1-3-8-7-10(8)15-12-11-9(5-6-18-11)16-13(17-12)14-4-2/h5-6,8,10H,3-4,7H2,1-2H3,(H2,14,15,16,17). The molecule has 3 rings (SSSR count). The molecule has 1 saturated carbocycles. The van der Waals surface area contributed by atoms with Crippen LogP contribution in [0.15, 0.2) is 11.4 Å². The first-order chi connectivity index (χ1) is 8.81. The van der Waals surface area contributed by atoms with Gasteiger partial charge in [0.15, 0.2) is 0 Å². The molecule has 96 valence electrons. The zero-order valence-electron chi connectivity index (χ0n) is 10.7. The summed E-state index contributed by atoms with van der Waals surface area (Å²) in [5.41, 5.74) is 1.03. The van der Waals surface area contributed by atoms with E-state index in [0.717, 1.165) is 29.7 Å². The third-order valence-electron chi connectivity index (χ3n) is 3.41. The van der Waals surface area contributed by atoms with E-state index in [4.69, 9.17) is 0 Å². The summed E-state index contributed by atoms with van der Waals surface area (Å²) in [5.74, 6) is 2.53. The second kappa shape index (κ2) is 4.72. The fraction of sp³-hybridized carbons (Fsp3) is 0.538. The largest absolute Gasteiger partial charge is 0.366 e. The number of thiophene rings is 1. The number of anilines is 2. The Labute approximate surface area is 111 Å². The van der Waals surface area contributed by atoms with Crippen LogP contribution in [-0.2, 0) is 0 Å². The molecule has 0 aliphatic heterocycles. The lowest BCUT2D eigenvalue weighted by Gasteiger charge is -2.08. The molecule has 2 aromatic heterocycles. The van der Waals surface area contributed by atoms with Crippen LogP contribution >= 0.6 is 11.3 Å². The SMILES string of the molecule is CCNc1nc(NC2CC2CC)c2sccc2n1. The van der Waals surface area contributed by atoms with Crippen LogP contribution in [0.5, 0.6) is 0 Å². The predicted molar refractivity (Wildman–Crippen MR) is 77.4 cm³/mol. The van der Waals surface area contributed by atoms with Gasteiger partial charge in [0.25, 0.3) is 0 Å². The Morgan fingerprint density at radius 3 is 3.00 bits per heavy atom. The lowest BCUT2D eigenvalue weighted by atomic mass is 10.3. The number of hydrogen-bond acceptors (Lipinski definition) is 5. The van der Waals surface area contributed by atoms with Crippen molar-refractivity contribution >= 4 is 33.3 Å². The highest BCUT2D eigenvalue weighted by molar-refractivity contribution is 7.17. The van der Waals surface area contributed by atoms with E-state index in [1.165, 1.54) is 17.5 Å². The number of hydrogen-bond donors (Lipinski definition) is 2. The summed E-state index contributed by atoms with van der Waals surface area (Å²) in [6.07, 6.45) is 2.51. The van der Waals surface area contributed by atoms with Gasteiger partial charge in [0.05, 0.1) is 10.2 Å². The second-order valence-corrected chi connectivity index (χ2v) is 5.63. The molecule has 2 aromatic rings. The molecule has 0 saturated heterocycles. The maximum atomic E-state index is 4.59. The first kappa shape index (κ1) is 11.7. The van der Waals surface area contributed by atoms with Crippen molar-refractivity contribution < 1.29 is 0 Å². The van der Waals surface area contributed by atoms with E-state index in [1.54, 1.807) is 11.3 Å². The minimum atomic E-state index is 0.602. The normalized spacial score (nSPS) is 22.1.